The molecule has 1 saturated heterocycles. The van der Waals surface area contributed by atoms with E-state index in [2.05, 4.69) is 20.5 Å². The van der Waals surface area contributed by atoms with Gasteiger partial charge >= 0.3 is 0 Å². The van der Waals surface area contributed by atoms with E-state index in [-0.39, 0.29) is 12.0 Å². The van der Waals surface area contributed by atoms with Crippen molar-refractivity contribution < 1.29 is 9.53 Å². The highest BCUT2D eigenvalue weighted by atomic mass is 32.2. The van der Waals surface area contributed by atoms with Gasteiger partial charge in [0.05, 0.1) is 11.9 Å². The SMILES string of the molecule is Cc1ccc(OC2CCN(C(=O)CSc3nnnn3C)CC2)cn1. The number of carbonyl (C=O) groups is 1. The van der Waals surface area contributed by atoms with Gasteiger partial charge in [0, 0.05) is 38.7 Å². The molecule has 0 aromatic carbocycles. The summed E-state index contributed by atoms with van der Waals surface area (Å²) < 4.78 is 7.50. The normalized spacial score (nSPS) is 15.5. The van der Waals surface area contributed by atoms with Crippen molar-refractivity contribution in [2.45, 2.75) is 31.0 Å². The number of hydrogen-bond acceptors (Lipinski definition) is 7. The first-order valence-corrected chi connectivity index (χ1v) is 8.82. The molecule has 0 saturated carbocycles. The van der Waals surface area contributed by atoms with Gasteiger partial charge in [-0.15, -0.1) is 5.10 Å². The van der Waals surface area contributed by atoms with Crippen LogP contribution in [0.1, 0.15) is 18.5 Å². The maximum atomic E-state index is 12.3. The third-order valence-electron chi connectivity index (χ3n) is 3.89. The molecule has 0 bridgehead atoms. The topological polar surface area (TPSA) is 86.0 Å². The molecule has 0 atom stereocenters. The summed E-state index contributed by atoms with van der Waals surface area (Å²) in [6.07, 6.45) is 3.54. The minimum Gasteiger partial charge on any atom is -0.489 e. The molecule has 3 rings (SSSR count). The van der Waals surface area contributed by atoms with Crippen LogP contribution in [-0.4, -0.2) is 60.9 Å². The predicted octanol–water partition coefficient (Wildman–Crippen LogP) is 1.08. The molecule has 1 aliphatic rings. The maximum absolute atomic E-state index is 12.3. The lowest BCUT2D eigenvalue weighted by Gasteiger charge is -2.32. The van der Waals surface area contributed by atoms with E-state index in [0.29, 0.717) is 24.0 Å². The zero-order chi connectivity index (χ0) is 16.9. The van der Waals surface area contributed by atoms with Gasteiger partial charge < -0.3 is 9.64 Å². The summed E-state index contributed by atoms with van der Waals surface area (Å²) >= 11 is 1.36. The van der Waals surface area contributed by atoms with E-state index in [1.165, 1.54) is 11.8 Å². The van der Waals surface area contributed by atoms with Gasteiger partial charge in [-0.25, -0.2) is 4.68 Å². The van der Waals surface area contributed by atoms with E-state index in [1.54, 1.807) is 17.9 Å². The highest BCUT2D eigenvalue weighted by Crippen LogP contribution is 2.20. The van der Waals surface area contributed by atoms with Gasteiger partial charge in [0.1, 0.15) is 11.9 Å². The minimum atomic E-state index is 0.110. The van der Waals surface area contributed by atoms with Crippen molar-refractivity contribution in [3.63, 3.8) is 0 Å². The average molecular weight is 348 g/mol. The number of thioether (sulfide) groups is 1. The van der Waals surface area contributed by atoms with Gasteiger partial charge in [0.15, 0.2) is 0 Å². The van der Waals surface area contributed by atoms with E-state index in [9.17, 15) is 4.79 Å². The largest absolute Gasteiger partial charge is 0.489 e. The lowest BCUT2D eigenvalue weighted by atomic mass is 10.1. The first-order chi connectivity index (χ1) is 11.6. The molecule has 8 nitrogen and oxygen atoms in total. The second-order valence-electron chi connectivity index (χ2n) is 5.71. The average Bonchev–Trinajstić information content (AvgIpc) is 3.00. The molecular formula is C15H20N6O2S. The number of carbonyl (C=O) groups excluding carboxylic acids is 1. The van der Waals surface area contributed by atoms with Gasteiger partial charge in [-0.05, 0) is 29.5 Å². The molecule has 3 heterocycles. The number of aromatic nitrogens is 5. The lowest BCUT2D eigenvalue weighted by Crippen LogP contribution is -2.42. The molecule has 2 aromatic heterocycles. The van der Waals surface area contributed by atoms with Crippen molar-refractivity contribution >= 4 is 17.7 Å². The highest BCUT2D eigenvalue weighted by molar-refractivity contribution is 7.99. The second-order valence-corrected chi connectivity index (χ2v) is 6.65. The Morgan fingerprint density at radius 1 is 1.38 bits per heavy atom. The third-order valence-corrected chi connectivity index (χ3v) is 4.88. The van der Waals surface area contributed by atoms with Crippen LogP contribution in [0.4, 0.5) is 0 Å². The number of amides is 1. The number of nitrogens with zero attached hydrogens (tertiary/aromatic N) is 6. The van der Waals surface area contributed by atoms with Crippen molar-refractivity contribution in [1.82, 2.24) is 30.1 Å². The van der Waals surface area contributed by atoms with Gasteiger partial charge in [-0.1, -0.05) is 11.8 Å². The summed E-state index contributed by atoms with van der Waals surface area (Å²) in [4.78, 5) is 18.4. The van der Waals surface area contributed by atoms with Gasteiger partial charge in [0.25, 0.3) is 0 Å². The van der Waals surface area contributed by atoms with E-state index in [0.717, 1.165) is 24.3 Å². The van der Waals surface area contributed by atoms with Crippen molar-refractivity contribution in [3.05, 3.63) is 24.0 Å². The Balaban J connectivity index is 1.43. The molecule has 24 heavy (non-hydrogen) atoms. The van der Waals surface area contributed by atoms with Crippen molar-refractivity contribution in [3.8, 4) is 5.75 Å². The summed E-state index contributed by atoms with van der Waals surface area (Å²) in [6.45, 7) is 3.36. The minimum absolute atomic E-state index is 0.110. The zero-order valence-corrected chi connectivity index (χ0v) is 14.6. The Morgan fingerprint density at radius 2 is 2.17 bits per heavy atom. The van der Waals surface area contributed by atoms with Crippen LogP contribution in [0.25, 0.3) is 0 Å². The molecule has 2 aromatic rings. The Morgan fingerprint density at radius 3 is 2.79 bits per heavy atom. The number of likely N-dealkylation sites (tertiary alicyclic amines) is 1. The summed E-state index contributed by atoms with van der Waals surface area (Å²) in [5.41, 5.74) is 0.971. The predicted molar refractivity (Wildman–Crippen MR) is 88.7 cm³/mol. The van der Waals surface area contributed by atoms with Crippen LogP contribution in [0, 0.1) is 6.92 Å². The zero-order valence-electron chi connectivity index (χ0n) is 13.8. The van der Waals surface area contributed by atoms with Crippen molar-refractivity contribution in [1.29, 1.82) is 0 Å². The molecule has 1 aliphatic heterocycles. The standard InChI is InChI=1S/C15H20N6O2S/c1-11-3-4-13(9-16-11)23-12-5-7-21(8-6-12)14(22)10-24-15-17-18-19-20(15)2/h3-4,9,12H,5-8,10H2,1-2H3. The molecule has 0 radical (unpaired) electrons. The Labute approximate surface area is 144 Å². The summed E-state index contributed by atoms with van der Waals surface area (Å²) in [6, 6.07) is 3.87. The van der Waals surface area contributed by atoms with Crippen LogP contribution in [0.2, 0.25) is 0 Å². The number of rotatable bonds is 5. The quantitative estimate of drug-likeness (QED) is 0.747. The van der Waals surface area contributed by atoms with Crippen LogP contribution in [0.15, 0.2) is 23.5 Å². The van der Waals surface area contributed by atoms with Crippen LogP contribution < -0.4 is 4.74 Å². The first kappa shape index (κ1) is 16.7. The molecule has 0 unspecified atom stereocenters. The number of hydrogen-bond donors (Lipinski definition) is 0. The van der Waals surface area contributed by atoms with E-state index in [4.69, 9.17) is 4.74 Å². The molecular weight excluding hydrogens is 328 g/mol. The Bertz CT molecular complexity index is 682. The first-order valence-electron chi connectivity index (χ1n) is 7.84. The molecule has 0 spiro atoms. The molecule has 1 amide bonds. The number of piperidine rings is 1. The van der Waals surface area contributed by atoms with E-state index >= 15 is 0 Å². The monoisotopic (exact) mass is 348 g/mol. The molecule has 0 aliphatic carbocycles. The van der Waals surface area contributed by atoms with Crippen LogP contribution in [0.3, 0.4) is 0 Å². The molecule has 9 heteroatoms. The van der Waals surface area contributed by atoms with Gasteiger partial charge in [0.2, 0.25) is 11.1 Å². The second kappa shape index (κ2) is 7.61. The smallest absolute Gasteiger partial charge is 0.233 e. The number of pyridine rings is 1. The lowest BCUT2D eigenvalue weighted by molar-refractivity contribution is -0.130. The highest BCUT2D eigenvalue weighted by Gasteiger charge is 2.24. The van der Waals surface area contributed by atoms with E-state index in [1.807, 2.05) is 24.0 Å². The number of aryl methyl sites for hydroxylation is 2. The molecule has 128 valence electrons. The van der Waals surface area contributed by atoms with Gasteiger partial charge in [-0.3, -0.25) is 9.78 Å². The Hall–Kier alpha value is -2.16. The third kappa shape index (κ3) is 4.22. The van der Waals surface area contributed by atoms with Crippen molar-refractivity contribution in [2.75, 3.05) is 18.8 Å². The van der Waals surface area contributed by atoms with Crippen LogP contribution in [-0.2, 0) is 11.8 Å². The summed E-state index contributed by atoms with van der Waals surface area (Å²) in [5.74, 6) is 1.25. The van der Waals surface area contributed by atoms with E-state index < -0.39 is 0 Å². The maximum Gasteiger partial charge on any atom is 0.233 e. The fourth-order valence-electron chi connectivity index (χ4n) is 2.50. The fourth-order valence-corrected chi connectivity index (χ4v) is 3.25. The van der Waals surface area contributed by atoms with Crippen LogP contribution in [0.5, 0.6) is 5.75 Å². The summed E-state index contributed by atoms with van der Waals surface area (Å²) in [7, 11) is 1.76. The Kier molecular flexibility index (Phi) is 5.29. The van der Waals surface area contributed by atoms with Crippen molar-refractivity contribution in [2.24, 2.45) is 7.05 Å². The fraction of sp³-hybridized carbons (Fsp3) is 0.533. The molecule has 1 fully saturated rings. The number of ether oxygens (including phenoxy) is 1. The molecule has 0 N–H and O–H groups in total. The van der Waals surface area contributed by atoms with Crippen LogP contribution >= 0.6 is 11.8 Å². The summed E-state index contributed by atoms with van der Waals surface area (Å²) in [5, 5.41) is 11.8. The van der Waals surface area contributed by atoms with Gasteiger partial charge in [-0.2, -0.15) is 0 Å². The number of tetrazole rings is 1.